The zero-order valence-electron chi connectivity index (χ0n) is 14.6. The first-order valence-corrected chi connectivity index (χ1v) is 8.93. The van der Waals surface area contributed by atoms with E-state index in [1.165, 1.54) is 6.42 Å². The van der Waals surface area contributed by atoms with E-state index in [1.807, 2.05) is 11.8 Å². The number of amides is 1. The first-order chi connectivity index (χ1) is 12.2. The van der Waals surface area contributed by atoms with Gasteiger partial charge >= 0.3 is 0 Å². The van der Waals surface area contributed by atoms with Crippen LogP contribution in [0.5, 0.6) is 11.5 Å². The molecule has 2 fully saturated rings. The number of hydrogen-bond acceptors (Lipinski definition) is 5. The number of hydrogen-bond donors (Lipinski definition) is 0. The molecular formula is C19H24N2O4. The summed E-state index contributed by atoms with van der Waals surface area (Å²) >= 11 is 0. The molecule has 0 spiro atoms. The molecular weight excluding hydrogens is 320 g/mol. The smallest absolute Gasteiger partial charge is 0.260 e. The standard InChI is InChI=1S/C19H24N2O4/c1-2-23-18-11-14(12-20)7-8-17(18)25-13-19(22)21-9-10-24-16-6-4-3-5-15(16)21/h7-8,11,15-16H,2-6,9-10,13H2,1H3/t15-,16+/m1/s1. The molecule has 0 unspecified atom stereocenters. The van der Waals surface area contributed by atoms with E-state index in [4.69, 9.17) is 19.5 Å². The second-order valence-corrected chi connectivity index (χ2v) is 6.34. The maximum atomic E-state index is 12.7. The number of ether oxygens (including phenoxy) is 3. The van der Waals surface area contributed by atoms with Crippen molar-refractivity contribution in [3.8, 4) is 17.6 Å². The molecule has 0 aromatic heterocycles. The van der Waals surface area contributed by atoms with Gasteiger partial charge in [0.1, 0.15) is 0 Å². The average Bonchev–Trinajstić information content (AvgIpc) is 2.66. The second kappa shape index (κ2) is 8.21. The van der Waals surface area contributed by atoms with Crippen LogP contribution in [0.15, 0.2) is 18.2 Å². The second-order valence-electron chi connectivity index (χ2n) is 6.34. The topological polar surface area (TPSA) is 71.8 Å². The SMILES string of the molecule is CCOc1cc(C#N)ccc1OCC(=O)N1CCO[C@H]2CCCC[C@H]21. The number of carbonyl (C=O) groups excluding carboxylic acids is 1. The van der Waals surface area contributed by atoms with Gasteiger partial charge in [-0.15, -0.1) is 0 Å². The van der Waals surface area contributed by atoms with Gasteiger partial charge in [0, 0.05) is 12.6 Å². The fourth-order valence-electron chi connectivity index (χ4n) is 3.59. The van der Waals surface area contributed by atoms with E-state index in [2.05, 4.69) is 6.07 Å². The third-order valence-electron chi connectivity index (χ3n) is 4.78. The Kier molecular flexibility index (Phi) is 5.77. The van der Waals surface area contributed by atoms with Gasteiger partial charge in [-0.2, -0.15) is 5.26 Å². The number of nitrogens with zero attached hydrogens (tertiary/aromatic N) is 2. The van der Waals surface area contributed by atoms with Crippen molar-refractivity contribution in [2.24, 2.45) is 0 Å². The molecule has 1 heterocycles. The fourth-order valence-corrected chi connectivity index (χ4v) is 3.59. The Morgan fingerprint density at radius 2 is 2.16 bits per heavy atom. The molecule has 1 saturated carbocycles. The molecule has 2 atom stereocenters. The molecule has 25 heavy (non-hydrogen) atoms. The molecule has 3 rings (SSSR count). The van der Waals surface area contributed by atoms with E-state index in [1.54, 1.807) is 18.2 Å². The lowest BCUT2D eigenvalue weighted by molar-refractivity contribution is -0.151. The minimum Gasteiger partial charge on any atom is -0.490 e. The molecule has 1 saturated heterocycles. The van der Waals surface area contributed by atoms with Gasteiger partial charge in [0.05, 0.1) is 37.0 Å². The summed E-state index contributed by atoms with van der Waals surface area (Å²) in [6.07, 6.45) is 4.50. The van der Waals surface area contributed by atoms with Crippen LogP contribution in [0.25, 0.3) is 0 Å². The first kappa shape index (κ1) is 17.6. The Morgan fingerprint density at radius 1 is 1.32 bits per heavy atom. The molecule has 1 aliphatic carbocycles. The predicted molar refractivity (Wildman–Crippen MR) is 91.5 cm³/mol. The molecule has 1 aromatic carbocycles. The van der Waals surface area contributed by atoms with Crippen LogP contribution in [0.1, 0.15) is 38.2 Å². The third-order valence-corrected chi connectivity index (χ3v) is 4.78. The van der Waals surface area contributed by atoms with E-state index >= 15 is 0 Å². The summed E-state index contributed by atoms with van der Waals surface area (Å²) in [6, 6.07) is 7.22. The molecule has 1 amide bonds. The Balaban J connectivity index is 1.64. The molecule has 2 aliphatic rings. The van der Waals surface area contributed by atoms with Crippen molar-refractivity contribution in [2.75, 3.05) is 26.4 Å². The van der Waals surface area contributed by atoms with Crippen molar-refractivity contribution in [1.29, 1.82) is 5.26 Å². The zero-order valence-corrected chi connectivity index (χ0v) is 14.6. The highest BCUT2D eigenvalue weighted by molar-refractivity contribution is 5.78. The van der Waals surface area contributed by atoms with Gasteiger partial charge in [-0.25, -0.2) is 0 Å². The molecule has 0 N–H and O–H groups in total. The Morgan fingerprint density at radius 3 is 2.96 bits per heavy atom. The highest BCUT2D eigenvalue weighted by Crippen LogP contribution is 2.30. The third kappa shape index (κ3) is 4.05. The van der Waals surface area contributed by atoms with Crippen molar-refractivity contribution in [3.63, 3.8) is 0 Å². The maximum Gasteiger partial charge on any atom is 0.260 e. The molecule has 6 nitrogen and oxygen atoms in total. The number of rotatable bonds is 5. The van der Waals surface area contributed by atoms with Crippen LogP contribution in [0, 0.1) is 11.3 Å². The minimum atomic E-state index is -0.0325. The average molecular weight is 344 g/mol. The molecule has 134 valence electrons. The van der Waals surface area contributed by atoms with Gasteiger partial charge in [0.15, 0.2) is 18.1 Å². The van der Waals surface area contributed by atoms with E-state index in [0.717, 1.165) is 19.3 Å². The van der Waals surface area contributed by atoms with Gasteiger partial charge in [0.2, 0.25) is 0 Å². The van der Waals surface area contributed by atoms with Crippen LogP contribution in [0.4, 0.5) is 0 Å². The number of fused-ring (bicyclic) bond motifs is 1. The summed E-state index contributed by atoms with van der Waals surface area (Å²) in [5, 5.41) is 9.00. The van der Waals surface area contributed by atoms with Gasteiger partial charge in [-0.05, 0) is 31.9 Å². The van der Waals surface area contributed by atoms with Gasteiger partial charge in [-0.3, -0.25) is 4.79 Å². The van der Waals surface area contributed by atoms with Crippen molar-refractivity contribution in [2.45, 2.75) is 44.8 Å². The summed E-state index contributed by atoms with van der Waals surface area (Å²) in [7, 11) is 0. The van der Waals surface area contributed by atoms with Gasteiger partial charge < -0.3 is 19.1 Å². The molecule has 1 aliphatic heterocycles. The fraction of sp³-hybridized carbons (Fsp3) is 0.579. The van der Waals surface area contributed by atoms with Crippen LogP contribution in [-0.4, -0.2) is 49.3 Å². The lowest BCUT2D eigenvalue weighted by atomic mass is 9.90. The van der Waals surface area contributed by atoms with Gasteiger partial charge in [0.25, 0.3) is 5.91 Å². The molecule has 0 radical (unpaired) electrons. The van der Waals surface area contributed by atoms with Crippen LogP contribution in [0.2, 0.25) is 0 Å². The molecule has 1 aromatic rings. The van der Waals surface area contributed by atoms with Crippen LogP contribution >= 0.6 is 0 Å². The quantitative estimate of drug-likeness (QED) is 0.821. The van der Waals surface area contributed by atoms with Crippen LogP contribution in [0.3, 0.4) is 0 Å². The van der Waals surface area contributed by atoms with E-state index in [-0.39, 0.29) is 24.7 Å². The molecule has 6 heteroatoms. The van der Waals surface area contributed by atoms with Crippen molar-refractivity contribution in [1.82, 2.24) is 4.90 Å². The van der Waals surface area contributed by atoms with Crippen molar-refractivity contribution in [3.05, 3.63) is 23.8 Å². The number of morpholine rings is 1. The summed E-state index contributed by atoms with van der Waals surface area (Å²) in [5.74, 6) is 0.960. The Bertz CT molecular complexity index is 653. The summed E-state index contributed by atoms with van der Waals surface area (Å²) in [4.78, 5) is 14.6. The number of carbonyl (C=O) groups is 1. The predicted octanol–water partition coefficient (Wildman–Crippen LogP) is 2.51. The van der Waals surface area contributed by atoms with Crippen molar-refractivity contribution >= 4 is 5.91 Å². The van der Waals surface area contributed by atoms with Crippen LogP contribution in [-0.2, 0) is 9.53 Å². The highest BCUT2D eigenvalue weighted by atomic mass is 16.5. The monoisotopic (exact) mass is 344 g/mol. The van der Waals surface area contributed by atoms with E-state index < -0.39 is 0 Å². The number of nitriles is 1. The largest absolute Gasteiger partial charge is 0.490 e. The van der Waals surface area contributed by atoms with Crippen molar-refractivity contribution < 1.29 is 19.0 Å². The zero-order chi connectivity index (χ0) is 17.6. The first-order valence-electron chi connectivity index (χ1n) is 8.93. The summed E-state index contributed by atoms with van der Waals surface area (Å²) in [6.45, 7) is 3.51. The number of benzene rings is 1. The van der Waals surface area contributed by atoms with E-state index in [9.17, 15) is 4.79 Å². The molecule has 0 bridgehead atoms. The Hall–Kier alpha value is -2.26. The normalized spacial score (nSPS) is 22.6. The Labute approximate surface area is 148 Å². The van der Waals surface area contributed by atoms with Crippen LogP contribution < -0.4 is 9.47 Å². The highest BCUT2D eigenvalue weighted by Gasteiger charge is 2.36. The lowest BCUT2D eigenvalue weighted by Gasteiger charge is -2.43. The summed E-state index contributed by atoms with van der Waals surface area (Å²) in [5.41, 5.74) is 0.500. The summed E-state index contributed by atoms with van der Waals surface area (Å²) < 4.78 is 17.1. The van der Waals surface area contributed by atoms with Gasteiger partial charge in [-0.1, -0.05) is 12.8 Å². The van der Waals surface area contributed by atoms with E-state index in [0.29, 0.717) is 36.8 Å². The maximum absolute atomic E-state index is 12.7. The minimum absolute atomic E-state index is 0.0213. The lowest BCUT2D eigenvalue weighted by Crippen LogP contribution is -2.55.